The third-order valence-electron chi connectivity index (χ3n) is 12.0. The maximum Gasteiger partial charge on any atom is -0.00866 e. The molecular weight excluding hydrogens is 680 g/mol. The molecule has 0 nitrogen and oxygen atoms in total. The second-order valence-electron chi connectivity index (χ2n) is 17.1. The largest absolute Gasteiger partial charge is 0.0654 e. The molecule has 3 aromatic carbocycles. The molecule has 0 saturated carbocycles. The molecule has 0 atom stereocenters. The summed E-state index contributed by atoms with van der Waals surface area (Å²) in [4.78, 5) is 0. The van der Waals surface area contributed by atoms with E-state index in [2.05, 4.69) is 96.1 Å². The fourth-order valence-corrected chi connectivity index (χ4v) is 11.8. The zero-order chi connectivity index (χ0) is 39.4. The summed E-state index contributed by atoms with van der Waals surface area (Å²) in [6.45, 7) is 14.1. The number of benzene rings is 3. The molecular formula is C54H87P. The summed E-state index contributed by atoms with van der Waals surface area (Å²) in [5, 5.41) is 5.12. The van der Waals surface area contributed by atoms with Gasteiger partial charge < -0.3 is 0 Å². The molecule has 0 amide bonds. The van der Waals surface area contributed by atoms with Crippen LogP contribution in [0.3, 0.4) is 0 Å². The van der Waals surface area contributed by atoms with Crippen LogP contribution in [-0.2, 0) is 38.5 Å². The van der Waals surface area contributed by atoms with Crippen LogP contribution in [0.25, 0.3) is 0 Å². The van der Waals surface area contributed by atoms with Crippen molar-refractivity contribution in [2.75, 3.05) is 0 Å². The lowest BCUT2D eigenvalue weighted by Gasteiger charge is -2.31. The minimum Gasteiger partial charge on any atom is -0.0654 e. The Labute approximate surface area is 344 Å². The molecule has 0 aromatic heterocycles. The van der Waals surface area contributed by atoms with Crippen molar-refractivity contribution in [2.45, 2.75) is 234 Å². The molecule has 0 bridgehead atoms. The van der Waals surface area contributed by atoms with Gasteiger partial charge in [0.15, 0.2) is 0 Å². The fraction of sp³-hybridized carbons (Fsp3) is 0.667. The van der Waals surface area contributed by atoms with Crippen molar-refractivity contribution in [3.8, 4) is 0 Å². The molecule has 308 valence electrons. The molecule has 3 rings (SSSR count). The van der Waals surface area contributed by atoms with Crippen LogP contribution in [0, 0.1) is 0 Å². The quantitative estimate of drug-likeness (QED) is 0.0428. The van der Waals surface area contributed by atoms with E-state index in [9.17, 15) is 0 Å². The van der Waals surface area contributed by atoms with Gasteiger partial charge in [-0.15, -0.1) is 0 Å². The SMILES string of the molecule is CCCCCCc1cc(CCCCCC)c(P(c2ccccc2)c2c(CCCCCC)cc(CCCCCC)cc2CCCCCC)c(CCCCCC)c1. The average Bonchev–Trinajstić information content (AvgIpc) is 3.20. The molecule has 1 heteroatoms. The summed E-state index contributed by atoms with van der Waals surface area (Å²) < 4.78 is 0. The van der Waals surface area contributed by atoms with E-state index < -0.39 is 7.92 Å². The molecule has 3 aromatic rings. The van der Waals surface area contributed by atoms with E-state index in [1.807, 2.05) is 0 Å². The Bertz CT molecular complexity index is 1230. The Balaban J connectivity index is 2.36. The molecule has 0 radical (unpaired) electrons. The van der Waals surface area contributed by atoms with Gasteiger partial charge in [0.05, 0.1) is 0 Å². The van der Waals surface area contributed by atoms with Gasteiger partial charge in [-0.2, -0.15) is 0 Å². The smallest absolute Gasteiger partial charge is 0.00866 e. The summed E-state index contributed by atoms with van der Waals surface area (Å²) in [6.07, 6.45) is 39.4. The summed E-state index contributed by atoms with van der Waals surface area (Å²) in [5.74, 6) is 0. The van der Waals surface area contributed by atoms with Gasteiger partial charge in [0.2, 0.25) is 0 Å². The van der Waals surface area contributed by atoms with Crippen molar-refractivity contribution in [3.05, 3.63) is 88.0 Å². The van der Waals surface area contributed by atoms with E-state index in [0.29, 0.717) is 0 Å². The highest BCUT2D eigenvalue weighted by atomic mass is 31.1. The second-order valence-corrected chi connectivity index (χ2v) is 19.1. The third kappa shape index (κ3) is 17.6. The average molecular weight is 767 g/mol. The maximum absolute atomic E-state index is 2.74. The van der Waals surface area contributed by atoms with Gasteiger partial charge in [-0.25, -0.2) is 0 Å². The summed E-state index contributed by atoms with van der Waals surface area (Å²) >= 11 is 0. The van der Waals surface area contributed by atoms with Crippen molar-refractivity contribution < 1.29 is 0 Å². The molecule has 0 fully saturated rings. The minimum atomic E-state index is -0.689. The van der Waals surface area contributed by atoms with Gasteiger partial charge in [0.1, 0.15) is 0 Å². The topological polar surface area (TPSA) is 0 Å². The highest BCUT2D eigenvalue weighted by Gasteiger charge is 2.28. The first-order valence-electron chi connectivity index (χ1n) is 24.3. The molecule has 0 aliphatic heterocycles. The van der Waals surface area contributed by atoms with Crippen LogP contribution in [0.5, 0.6) is 0 Å². The van der Waals surface area contributed by atoms with E-state index >= 15 is 0 Å². The Kier molecular flexibility index (Phi) is 26.1. The van der Waals surface area contributed by atoms with Crippen molar-refractivity contribution in [1.82, 2.24) is 0 Å². The Hall–Kier alpha value is -1.91. The summed E-state index contributed by atoms with van der Waals surface area (Å²) in [6, 6.07) is 23.0. The van der Waals surface area contributed by atoms with Crippen LogP contribution in [0.15, 0.2) is 54.6 Å². The number of unbranched alkanes of at least 4 members (excludes halogenated alkanes) is 18. The minimum absolute atomic E-state index is 0.689. The van der Waals surface area contributed by atoms with Crippen LogP contribution in [-0.4, -0.2) is 0 Å². The lowest BCUT2D eigenvalue weighted by Crippen LogP contribution is -2.31. The standard InChI is InChI=1S/C54H87P/c1-7-13-19-26-34-46-42-48(36-28-21-15-9-3)53(49(43-46)37-29-22-16-10-4)55(52-40-32-25-33-41-52)54-50(38-30-23-17-11-5)44-47(35-27-20-14-8-2)45-51(54)39-31-24-18-12-6/h25,32-33,40-45H,7-24,26-31,34-39H2,1-6H3. The normalized spacial score (nSPS) is 11.6. The van der Waals surface area contributed by atoms with Crippen LogP contribution in [0.2, 0.25) is 0 Å². The van der Waals surface area contributed by atoms with Gasteiger partial charge in [-0.05, 0) is 134 Å². The number of hydrogen-bond acceptors (Lipinski definition) is 0. The number of aryl methyl sites for hydroxylation is 6. The van der Waals surface area contributed by atoms with E-state index in [1.165, 1.54) is 193 Å². The van der Waals surface area contributed by atoms with Crippen molar-refractivity contribution >= 4 is 23.8 Å². The van der Waals surface area contributed by atoms with E-state index in [0.717, 1.165) is 0 Å². The van der Waals surface area contributed by atoms with Gasteiger partial charge in [-0.3, -0.25) is 0 Å². The van der Waals surface area contributed by atoms with Gasteiger partial charge in [0, 0.05) is 0 Å². The van der Waals surface area contributed by atoms with E-state index in [-0.39, 0.29) is 0 Å². The Morgan fingerprint density at radius 3 is 0.855 bits per heavy atom. The predicted octanol–water partition coefficient (Wildman–Crippen LogP) is 16.2. The molecule has 0 unspecified atom stereocenters. The van der Waals surface area contributed by atoms with E-state index in [4.69, 9.17) is 0 Å². The molecule has 0 spiro atoms. The first-order valence-corrected chi connectivity index (χ1v) is 25.6. The molecule has 0 heterocycles. The molecule has 0 aliphatic rings. The van der Waals surface area contributed by atoms with Crippen LogP contribution in [0.4, 0.5) is 0 Å². The first kappa shape index (κ1) is 47.5. The lowest BCUT2D eigenvalue weighted by molar-refractivity contribution is 0.656. The van der Waals surface area contributed by atoms with Crippen molar-refractivity contribution in [1.29, 1.82) is 0 Å². The van der Waals surface area contributed by atoms with Gasteiger partial charge >= 0.3 is 0 Å². The third-order valence-corrected chi connectivity index (χ3v) is 14.8. The molecule has 0 saturated heterocycles. The highest BCUT2D eigenvalue weighted by molar-refractivity contribution is 7.80. The number of hydrogen-bond donors (Lipinski definition) is 0. The Morgan fingerprint density at radius 1 is 0.309 bits per heavy atom. The zero-order valence-corrected chi connectivity index (χ0v) is 38.3. The molecule has 0 aliphatic carbocycles. The molecule has 0 N–H and O–H groups in total. The van der Waals surface area contributed by atoms with Crippen LogP contribution in [0.1, 0.15) is 229 Å². The van der Waals surface area contributed by atoms with Crippen LogP contribution < -0.4 is 15.9 Å². The summed E-state index contributed by atoms with van der Waals surface area (Å²) in [7, 11) is -0.689. The Morgan fingerprint density at radius 2 is 0.582 bits per heavy atom. The fourth-order valence-electron chi connectivity index (χ4n) is 8.72. The second kappa shape index (κ2) is 30.2. The summed E-state index contributed by atoms with van der Waals surface area (Å²) in [5.41, 5.74) is 10.1. The monoisotopic (exact) mass is 767 g/mol. The zero-order valence-electron chi connectivity index (χ0n) is 37.4. The first-order chi connectivity index (χ1) is 27.1. The van der Waals surface area contributed by atoms with Gasteiger partial charge in [-0.1, -0.05) is 212 Å². The lowest BCUT2D eigenvalue weighted by atomic mass is 9.94. The molecule has 55 heavy (non-hydrogen) atoms. The number of rotatable bonds is 33. The van der Waals surface area contributed by atoms with Crippen molar-refractivity contribution in [3.63, 3.8) is 0 Å². The predicted molar refractivity (Wildman–Crippen MR) is 252 cm³/mol. The highest BCUT2D eigenvalue weighted by Crippen LogP contribution is 2.41. The van der Waals surface area contributed by atoms with Gasteiger partial charge in [0.25, 0.3) is 0 Å². The van der Waals surface area contributed by atoms with Crippen molar-refractivity contribution in [2.24, 2.45) is 0 Å². The van der Waals surface area contributed by atoms with Crippen LogP contribution >= 0.6 is 7.92 Å². The maximum atomic E-state index is 2.74. The van der Waals surface area contributed by atoms with E-state index in [1.54, 1.807) is 49.3 Å².